The topological polar surface area (TPSA) is 26.0 Å². The van der Waals surface area contributed by atoms with Crippen LogP contribution in [0, 0.1) is 5.92 Å². The number of benzene rings is 1. The zero-order valence-corrected chi connectivity index (χ0v) is 12.0. The van der Waals surface area contributed by atoms with Gasteiger partial charge in [-0.1, -0.05) is 56.4 Å². The second kappa shape index (κ2) is 6.09. The van der Waals surface area contributed by atoms with Crippen LogP contribution in [-0.2, 0) is 0 Å². The Hall–Kier alpha value is -0.820. The summed E-state index contributed by atoms with van der Waals surface area (Å²) in [6.07, 6.45) is 12.4. The first kappa shape index (κ1) is 13.2. The van der Waals surface area contributed by atoms with Crippen LogP contribution in [0.2, 0.25) is 0 Å². The lowest BCUT2D eigenvalue weighted by Crippen LogP contribution is -2.19. The maximum absolute atomic E-state index is 6.43. The average Bonchev–Trinajstić information content (AvgIpc) is 3.02. The van der Waals surface area contributed by atoms with Crippen LogP contribution in [0.1, 0.15) is 80.9 Å². The Morgan fingerprint density at radius 1 is 0.789 bits per heavy atom. The maximum Gasteiger partial charge on any atom is 0.0323 e. The lowest BCUT2D eigenvalue weighted by atomic mass is 9.83. The van der Waals surface area contributed by atoms with Gasteiger partial charge in [0, 0.05) is 6.04 Å². The van der Waals surface area contributed by atoms with Crippen LogP contribution in [-0.4, -0.2) is 0 Å². The molecule has 2 fully saturated rings. The van der Waals surface area contributed by atoms with Crippen LogP contribution < -0.4 is 5.73 Å². The van der Waals surface area contributed by atoms with Crippen molar-refractivity contribution in [3.63, 3.8) is 0 Å². The molecule has 0 bridgehead atoms. The molecule has 2 N–H and O–H groups in total. The number of nitrogens with two attached hydrogens (primary N) is 1. The van der Waals surface area contributed by atoms with Gasteiger partial charge in [0.1, 0.15) is 0 Å². The van der Waals surface area contributed by atoms with Crippen LogP contribution in [0.15, 0.2) is 24.3 Å². The van der Waals surface area contributed by atoms with Crippen LogP contribution in [0.4, 0.5) is 0 Å². The normalized spacial score (nSPS) is 23.6. The van der Waals surface area contributed by atoms with Crippen molar-refractivity contribution < 1.29 is 0 Å². The molecule has 0 radical (unpaired) electrons. The molecule has 0 spiro atoms. The van der Waals surface area contributed by atoms with E-state index in [2.05, 4.69) is 24.3 Å². The molecule has 2 aliphatic carbocycles. The minimum Gasteiger partial charge on any atom is -0.324 e. The van der Waals surface area contributed by atoms with E-state index in [1.807, 2.05) is 0 Å². The summed E-state index contributed by atoms with van der Waals surface area (Å²) in [5.41, 5.74) is 9.33. The molecule has 104 valence electrons. The van der Waals surface area contributed by atoms with Gasteiger partial charge >= 0.3 is 0 Å². The molecule has 1 aromatic carbocycles. The van der Waals surface area contributed by atoms with E-state index < -0.39 is 0 Å². The van der Waals surface area contributed by atoms with E-state index in [1.165, 1.54) is 63.4 Å². The Morgan fingerprint density at radius 2 is 1.37 bits per heavy atom. The summed E-state index contributed by atoms with van der Waals surface area (Å²) in [6, 6.07) is 9.56. The summed E-state index contributed by atoms with van der Waals surface area (Å²) in [4.78, 5) is 0. The molecule has 1 nitrogen and oxygen atoms in total. The third kappa shape index (κ3) is 3.02. The summed E-state index contributed by atoms with van der Waals surface area (Å²) in [6.45, 7) is 0. The highest BCUT2D eigenvalue weighted by atomic mass is 14.7. The van der Waals surface area contributed by atoms with Crippen LogP contribution in [0.5, 0.6) is 0 Å². The fourth-order valence-corrected chi connectivity index (χ4v) is 4.01. The Kier molecular flexibility index (Phi) is 4.22. The number of rotatable bonds is 3. The van der Waals surface area contributed by atoms with Crippen molar-refractivity contribution in [1.82, 2.24) is 0 Å². The Labute approximate surface area is 117 Å². The maximum atomic E-state index is 6.43. The fourth-order valence-electron chi connectivity index (χ4n) is 4.01. The van der Waals surface area contributed by atoms with E-state index in [-0.39, 0.29) is 6.04 Å². The molecule has 0 saturated heterocycles. The van der Waals surface area contributed by atoms with E-state index in [9.17, 15) is 0 Å². The zero-order valence-electron chi connectivity index (χ0n) is 12.0. The molecule has 1 unspecified atom stereocenters. The van der Waals surface area contributed by atoms with Gasteiger partial charge in [-0.05, 0) is 48.6 Å². The van der Waals surface area contributed by atoms with E-state index in [1.54, 1.807) is 5.56 Å². The summed E-state index contributed by atoms with van der Waals surface area (Å²) in [5, 5.41) is 0. The molecule has 1 aromatic rings. The molecule has 0 aliphatic heterocycles. The monoisotopic (exact) mass is 257 g/mol. The molecule has 1 heteroatoms. The molecular formula is C18H27N. The standard InChI is InChI=1S/C18H27N/c19-18(16-8-4-5-9-16)17-12-10-15(11-13-17)14-6-2-1-3-7-14/h10-14,16,18H,1-9,19H2. The second-order valence-electron chi connectivity index (χ2n) is 6.57. The highest BCUT2D eigenvalue weighted by Gasteiger charge is 2.23. The molecule has 3 rings (SSSR count). The molecule has 2 aliphatic rings. The van der Waals surface area contributed by atoms with Gasteiger partial charge in [0.2, 0.25) is 0 Å². The smallest absolute Gasteiger partial charge is 0.0323 e. The second-order valence-corrected chi connectivity index (χ2v) is 6.57. The van der Waals surface area contributed by atoms with Crippen molar-refractivity contribution in [2.75, 3.05) is 0 Å². The zero-order chi connectivity index (χ0) is 13.1. The van der Waals surface area contributed by atoms with Crippen LogP contribution in [0.25, 0.3) is 0 Å². The predicted octanol–water partition coefficient (Wildman–Crippen LogP) is 4.92. The van der Waals surface area contributed by atoms with E-state index in [4.69, 9.17) is 5.73 Å². The molecule has 0 heterocycles. The van der Waals surface area contributed by atoms with Gasteiger partial charge in [-0.2, -0.15) is 0 Å². The molecular weight excluding hydrogens is 230 g/mol. The van der Waals surface area contributed by atoms with Crippen LogP contribution >= 0.6 is 0 Å². The molecule has 19 heavy (non-hydrogen) atoms. The van der Waals surface area contributed by atoms with Gasteiger partial charge < -0.3 is 5.73 Å². The van der Waals surface area contributed by atoms with Gasteiger partial charge in [-0.15, -0.1) is 0 Å². The molecule has 0 aromatic heterocycles. The van der Waals surface area contributed by atoms with Crippen LogP contribution in [0.3, 0.4) is 0 Å². The third-order valence-corrected chi connectivity index (χ3v) is 5.31. The van der Waals surface area contributed by atoms with Gasteiger partial charge in [-0.25, -0.2) is 0 Å². The Morgan fingerprint density at radius 3 is 2.00 bits per heavy atom. The number of hydrogen-bond donors (Lipinski definition) is 1. The van der Waals surface area contributed by atoms with Gasteiger partial charge in [0.25, 0.3) is 0 Å². The van der Waals surface area contributed by atoms with E-state index >= 15 is 0 Å². The summed E-state index contributed by atoms with van der Waals surface area (Å²) in [5.74, 6) is 1.53. The van der Waals surface area contributed by atoms with Gasteiger partial charge in [-0.3, -0.25) is 0 Å². The van der Waals surface area contributed by atoms with Crippen molar-refractivity contribution in [3.8, 4) is 0 Å². The minimum absolute atomic E-state index is 0.267. The van der Waals surface area contributed by atoms with E-state index in [0.29, 0.717) is 0 Å². The largest absolute Gasteiger partial charge is 0.324 e. The van der Waals surface area contributed by atoms with Gasteiger partial charge in [0.15, 0.2) is 0 Å². The summed E-state index contributed by atoms with van der Waals surface area (Å²) in [7, 11) is 0. The van der Waals surface area contributed by atoms with Crippen molar-refractivity contribution >= 4 is 0 Å². The summed E-state index contributed by atoms with van der Waals surface area (Å²) < 4.78 is 0. The Balaban J connectivity index is 1.67. The average molecular weight is 257 g/mol. The number of hydrogen-bond acceptors (Lipinski definition) is 1. The highest BCUT2D eigenvalue weighted by Crippen LogP contribution is 2.36. The first-order valence-corrected chi connectivity index (χ1v) is 8.20. The highest BCUT2D eigenvalue weighted by molar-refractivity contribution is 5.28. The lowest BCUT2D eigenvalue weighted by molar-refractivity contribution is 0.439. The van der Waals surface area contributed by atoms with E-state index in [0.717, 1.165) is 11.8 Å². The minimum atomic E-state index is 0.267. The van der Waals surface area contributed by atoms with Crippen molar-refractivity contribution in [1.29, 1.82) is 0 Å². The quantitative estimate of drug-likeness (QED) is 0.816. The molecule has 2 saturated carbocycles. The predicted molar refractivity (Wildman–Crippen MR) is 81.2 cm³/mol. The summed E-state index contributed by atoms with van der Waals surface area (Å²) >= 11 is 0. The van der Waals surface area contributed by atoms with Crippen molar-refractivity contribution in [2.45, 2.75) is 69.7 Å². The van der Waals surface area contributed by atoms with Crippen molar-refractivity contribution in [2.24, 2.45) is 11.7 Å². The SMILES string of the molecule is NC(c1ccc(C2CCCCC2)cc1)C1CCCC1. The Bertz CT molecular complexity index is 383. The van der Waals surface area contributed by atoms with Gasteiger partial charge in [0.05, 0.1) is 0 Å². The first-order valence-electron chi connectivity index (χ1n) is 8.20. The molecule has 1 atom stereocenters. The first-order chi connectivity index (χ1) is 9.34. The van der Waals surface area contributed by atoms with Crippen molar-refractivity contribution in [3.05, 3.63) is 35.4 Å². The molecule has 0 amide bonds. The third-order valence-electron chi connectivity index (χ3n) is 5.31. The lowest BCUT2D eigenvalue weighted by Gasteiger charge is -2.23. The fraction of sp³-hybridized carbons (Fsp3) is 0.667.